The van der Waals surface area contributed by atoms with Crippen LogP contribution in [0.25, 0.3) is 0 Å². The molecule has 0 unspecified atom stereocenters. The molecule has 2 aliphatic rings. The Hall–Kier alpha value is -2.74. The number of fused-ring (bicyclic) bond motifs is 3. The molecule has 2 aromatic carbocycles. The van der Waals surface area contributed by atoms with E-state index in [1.165, 1.54) is 18.2 Å². The number of guanidine groups is 1. The van der Waals surface area contributed by atoms with Gasteiger partial charge in [0, 0.05) is 30.8 Å². The van der Waals surface area contributed by atoms with Gasteiger partial charge in [-0.25, -0.2) is 0 Å². The van der Waals surface area contributed by atoms with Gasteiger partial charge in [-0.15, -0.1) is 17.0 Å². The molecule has 0 aliphatic carbocycles. The Kier molecular flexibility index (Phi) is 5.03. The summed E-state index contributed by atoms with van der Waals surface area (Å²) < 4.78 is 0. The molecular weight excluding hydrogens is 400 g/mol. The van der Waals surface area contributed by atoms with Gasteiger partial charge >= 0.3 is 0 Å². The first-order valence-corrected chi connectivity index (χ1v) is 8.11. The summed E-state index contributed by atoms with van der Waals surface area (Å²) in [7, 11) is 0. The Morgan fingerprint density at radius 3 is 2.69 bits per heavy atom. The van der Waals surface area contributed by atoms with Crippen molar-refractivity contribution in [2.75, 3.05) is 29.4 Å². The van der Waals surface area contributed by atoms with Crippen molar-refractivity contribution in [2.24, 2.45) is 4.99 Å². The molecule has 0 aromatic heterocycles. The summed E-state index contributed by atoms with van der Waals surface area (Å²) in [6.07, 6.45) is 0.977. The molecule has 8 heteroatoms. The van der Waals surface area contributed by atoms with Crippen LogP contribution in [0.5, 0.6) is 0 Å². The highest BCUT2D eigenvalue weighted by Gasteiger charge is 2.34. The van der Waals surface area contributed by atoms with E-state index in [9.17, 15) is 14.9 Å². The third-order valence-electron chi connectivity index (χ3n) is 4.42. The van der Waals surface area contributed by atoms with Gasteiger partial charge in [0.25, 0.3) is 5.69 Å². The van der Waals surface area contributed by atoms with Crippen molar-refractivity contribution in [3.8, 4) is 0 Å². The van der Waals surface area contributed by atoms with Crippen molar-refractivity contribution in [2.45, 2.75) is 6.42 Å². The van der Waals surface area contributed by atoms with Gasteiger partial charge in [0.1, 0.15) is 0 Å². The lowest BCUT2D eigenvalue weighted by molar-refractivity contribution is -0.384. The van der Waals surface area contributed by atoms with Crippen LogP contribution in [-0.4, -0.2) is 36.3 Å². The van der Waals surface area contributed by atoms with E-state index in [4.69, 9.17) is 0 Å². The minimum atomic E-state index is -0.491. The monoisotopic (exact) mass is 416 g/mol. The third-order valence-corrected chi connectivity index (χ3v) is 4.42. The molecule has 0 spiro atoms. The molecule has 0 saturated heterocycles. The van der Waals surface area contributed by atoms with Gasteiger partial charge in [0.05, 0.1) is 22.8 Å². The van der Waals surface area contributed by atoms with Crippen LogP contribution < -0.4 is 9.80 Å². The van der Waals surface area contributed by atoms with Gasteiger partial charge in [-0.2, -0.15) is 0 Å². The van der Waals surface area contributed by atoms with Gasteiger partial charge in [0.2, 0.25) is 5.96 Å². The van der Waals surface area contributed by atoms with Crippen LogP contribution in [0.15, 0.2) is 53.5 Å². The Labute approximate surface area is 160 Å². The van der Waals surface area contributed by atoms with Crippen molar-refractivity contribution < 1.29 is 9.72 Å². The van der Waals surface area contributed by atoms with Crippen LogP contribution in [0.4, 0.5) is 17.1 Å². The molecule has 0 atom stereocenters. The van der Waals surface area contributed by atoms with Crippen molar-refractivity contribution in [1.29, 1.82) is 0 Å². The number of benzene rings is 2. The largest absolute Gasteiger partial charge is 0.310 e. The number of non-ortho nitro benzene ring substituents is 1. The number of nitro benzene ring substituents is 1. The number of halogens is 1. The van der Waals surface area contributed by atoms with Gasteiger partial charge < -0.3 is 9.80 Å². The number of hydrogen-bond acceptors (Lipinski definition) is 6. The molecule has 0 fully saturated rings. The maximum atomic E-state index is 12.7. The number of para-hydroxylation sites is 2. The van der Waals surface area contributed by atoms with E-state index >= 15 is 0 Å². The molecule has 0 N–H and O–H groups in total. The zero-order valence-corrected chi connectivity index (χ0v) is 15.6. The van der Waals surface area contributed by atoms with Crippen LogP contribution in [0.1, 0.15) is 16.8 Å². The normalized spacial score (nSPS) is 14.8. The molecule has 7 nitrogen and oxygen atoms in total. The molecule has 0 bridgehead atoms. The number of hydrogen-bond donors (Lipinski definition) is 0. The van der Waals surface area contributed by atoms with E-state index in [1.807, 2.05) is 29.2 Å². The number of carbonyl (C=O) groups excluding carboxylic acids is 1. The highest BCUT2D eigenvalue weighted by Crippen LogP contribution is 2.38. The van der Waals surface area contributed by atoms with Crippen LogP contribution in [0.2, 0.25) is 0 Å². The Balaban J connectivity index is 0.00000196. The van der Waals surface area contributed by atoms with Crippen LogP contribution in [0, 0.1) is 10.1 Å². The fourth-order valence-electron chi connectivity index (χ4n) is 3.26. The van der Waals surface area contributed by atoms with Gasteiger partial charge in [-0.3, -0.25) is 19.9 Å². The second kappa shape index (κ2) is 7.25. The predicted octanol–water partition coefficient (Wildman–Crippen LogP) is 3.44. The Morgan fingerprint density at radius 2 is 1.92 bits per heavy atom. The number of carbonyl (C=O) groups is 1. The minimum absolute atomic E-state index is 0. The van der Waals surface area contributed by atoms with E-state index < -0.39 is 4.92 Å². The van der Waals surface area contributed by atoms with Crippen LogP contribution >= 0.6 is 17.0 Å². The summed E-state index contributed by atoms with van der Waals surface area (Å²) in [5.41, 5.74) is 2.25. The minimum Gasteiger partial charge on any atom is -0.310 e. The Bertz CT molecular complexity index is 900. The molecule has 2 aromatic rings. The van der Waals surface area contributed by atoms with E-state index in [2.05, 4.69) is 9.89 Å². The Morgan fingerprint density at radius 1 is 1.15 bits per heavy atom. The average molecular weight is 417 g/mol. The van der Waals surface area contributed by atoms with Gasteiger partial charge in [-0.05, 0) is 18.6 Å². The van der Waals surface area contributed by atoms with Crippen molar-refractivity contribution in [3.63, 3.8) is 0 Å². The molecule has 0 radical (unpaired) electrons. The molecule has 2 heterocycles. The second-order valence-electron chi connectivity index (χ2n) is 5.99. The number of nitro groups is 1. The predicted molar refractivity (Wildman–Crippen MR) is 106 cm³/mol. The van der Waals surface area contributed by atoms with Crippen molar-refractivity contribution in [1.82, 2.24) is 0 Å². The SMILES string of the molecule is Br.O=C(CN1C2=NCCCN2c2ccccc21)c1cccc([N+](=O)[O-])c1. The maximum absolute atomic E-state index is 12.7. The number of Topliss-reactive ketones (excluding diaryl/α,β-unsaturated/α-hetero) is 1. The van der Waals surface area contributed by atoms with E-state index in [0.717, 1.165) is 36.8 Å². The topological polar surface area (TPSA) is 79.0 Å². The molecule has 4 rings (SSSR count). The first-order chi connectivity index (χ1) is 12.1. The molecule has 2 aliphatic heterocycles. The lowest BCUT2D eigenvalue weighted by Gasteiger charge is -2.26. The fraction of sp³-hybridized carbons (Fsp3) is 0.222. The second-order valence-corrected chi connectivity index (χ2v) is 5.99. The molecule has 0 amide bonds. The zero-order valence-electron chi connectivity index (χ0n) is 13.9. The number of aliphatic imine (C=N–C) groups is 1. The lowest BCUT2D eigenvalue weighted by Crippen LogP contribution is -2.43. The summed E-state index contributed by atoms with van der Waals surface area (Å²) in [4.78, 5) is 31.8. The zero-order chi connectivity index (χ0) is 17.4. The summed E-state index contributed by atoms with van der Waals surface area (Å²) >= 11 is 0. The standard InChI is InChI=1S/C18H16N4O3.BrH/c23-17(13-5-3-6-14(11-13)22(24)25)12-21-16-8-2-1-7-15(16)20-10-4-9-19-18(20)21;/h1-3,5-8,11H,4,9-10,12H2;1H. The van der Waals surface area contributed by atoms with E-state index in [-0.39, 0.29) is 35.0 Å². The smallest absolute Gasteiger partial charge is 0.270 e. The average Bonchev–Trinajstić information content (AvgIpc) is 2.96. The number of anilines is 2. The summed E-state index contributed by atoms with van der Waals surface area (Å²) in [6, 6.07) is 13.7. The number of rotatable bonds is 4. The number of nitrogens with zero attached hydrogens (tertiary/aromatic N) is 4. The molecule has 26 heavy (non-hydrogen) atoms. The van der Waals surface area contributed by atoms with Crippen molar-refractivity contribution in [3.05, 3.63) is 64.2 Å². The molecule has 134 valence electrons. The lowest BCUT2D eigenvalue weighted by atomic mass is 10.1. The van der Waals surface area contributed by atoms with Crippen LogP contribution in [-0.2, 0) is 0 Å². The van der Waals surface area contributed by atoms with Gasteiger partial charge in [0.15, 0.2) is 5.78 Å². The highest BCUT2D eigenvalue weighted by molar-refractivity contribution is 8.93. The summed E-state index contributed by atoms with van der Waals surface area (Å²) in [6.45, 7) is 1.71. The molecular formula is C18H17BrN4O3. The summed E-state index contributed by atoms with van der Waals surface area (Å²) in [5, 5.41) is 10.9. The number of ketones is 1. The van der Waals surface area contributed by atoms with Gasteiger partial charge in [-0.1, -0.05) is 24.3 Å². The highest BCUT2D eigenvalue weighted by atomic mass is 79.9. The fourth-order valence-corrected chi connectivity index (χ4v) is 3.26. The van der Waals surface area contributed by atoms with E-state index in [1.54, 1.807) is 6.07 Å². The maximum Gasteiger partial charge on any atom is 0.270 e. The van der Waals surface area contributed by atoms with E-state index in [0.29, 0.717) is 5.56 Å². The van der Waals surface area contributed by atoms with Crippen LogP contribution in [0.3, 0.4) is 0 Å². The third kappa shape index (κ3) is 3.08. The molecule has 0 saturated carbocycles. The first kappa shape index (κ1) is 18.1. The summed E-state index contributed by atoms with van der Waals surface area (Å²) in [5.74, 6) is 0.611. The first-order valence-electron chi connectivity index (χ1n) is 8.11. The quantitative estimate of drug-likeness (QED) is 0.433. The van der Waals surface area contributed by atoms with Crippen molar-refractivity contribution >= 4 is 45.8 Å².